The zero-order valence-electron chi connectivity index (χ0n) is 12.1. The first-order valence-corrected chi connectivity index (χ1v) is 8.97. The molecule has 0 saturated heterocycles. The van der Waals surface area contributed by atoms with Gasteiger partial charge in [-0.15, -0.1) is 22.7 Å². The van der Waals surface area contributed by atoms with E-state index in [-0.39, 0.29) is 5.54 Å². The molecule has 0 radical (unpaired) electrons. The van der Waals surface area contributed by atoms with E-state index in [1.807, 2.05) is 6.92 Å². The second kappa shape index (κ2) is 5.54. The van der Waals surface area contributed by atoms with Gasteiger partial charge in [-0.1, -0.05) is 25.7 Å². The van der Waals surface area contributed by atoms with Crippen LogP contribution in [-0.4, -0.2) is 9.97 Å². The van der Waals surface area contributed by atoms with E-state index in [0.29, 0.717) is 0 Å². The van der Waals surface area contributed by atoms with Gasteiger partial charge in [-0.25, -0.2) is 9.97 Å². The topological polar surface area (TPSA) is 51.8 Å². The molecule has 1 saturated carbocycles. The number of nitrogens with zero attached hydrogens (tertiary/aromatic N) is 2. The molecule has 0 unspecified atom stereocenters. The van der Waals surface area contributed by atoms with Crippen LogP contribution < -0.4 is 5.73 Å². The van der Waals surface area contributed by atoms with Crippen LogP contribution in [-0.2, 0) is 5.54 Å². The van der Waals surface area contributed by atoms with E-state index < -0.39 is 0 Å². The number of aryl methyl sites for hydroxylation is 2. The highest BCUT2D eigenvalue weighted by atomic mass is 32.1. The fraction of sp³-hybridized carbons (Fsp3) is 0.600. The largest absolute Gasteiger partial charge is 0.319 e. The number of aromatic nitrogens is 2. The molecule has 5 heteroatoms. The summed E-state index contributed by atoms with van der Waals surface area (Å²) in [6.07, 6.45) is 7.21. The predicted molar refractivity (Wildman–Crippen MR) is 86.3 cm³/mol. The highest BCUT2D eigenvalue weighted by molar-refractivity contribution is 7.16. The van der Waals surface area contributed by atoms with Crippen molar-refractivity contribution in [1.82, 2.24) is 9.97 Å². The van der Waals surface area contributed by atoms with Crippen LogP contribution in [0.3, 0.4) is 0 Å². The van der Waals surface area contributed by atoms with Gasteiger partial charge in [0.25, 0.3) is 0 Å². The van der Waals surface area contributed by atoms with Crippen molar-refractivity contribution in [3.05, 3.63) is 21.1 Å². The molecule has 1 aliphatic rings. The van der Waals surface area contributed by atoms with Gasteiger partial charge in [0.05, 0.1) is 26.8 Å². The van der Waals surface area contributed by atoms with Crippen LogP contribution >= 0.6 is 22.7 Å². The van der Waals surface area contributed by atoms with Crippen LogP contribution in [0.5, 0.6) is 0 Å². The van der Waals surface area contributed by atoms with E-state index in [0.717, 1.165) is 34.2 Å². The molecular formula is C15H21N3S2. The summed E-state index contributed by atoms with van der Waals surface area (Å²) in [5, 5.41) is 4.36. The number of hydrogen-bond acceptors (Lipinski definition) is 5. The molecule has 0 atom stereocenters. The Morgan fingerprint density at radius 1 is 1.10 bits per heavy atom. The summed E-state index contributed by atoms with van der Waals surface area (Å²) >= 11 is 3.44. The normalized spacial score (nSPS) is 18.9. The lowest BCUT2D eigenvalue weighted by atomic mass is 9.92. The van der Waals surface area contributed by atoms with Gasteiger partial charge in [-0.05, 0) is 26.7 Å². The van der Waals surface area contributed by atoms with Crippen molar-refractivity contribution in [1.29, 1.82) is 0 Å². The van der Waals surface area contributed by atoms with Gasteiger partial charge in [0.1, 0.15) is 5.01 Å². The van der Waals surface area contributed by atoms with Crippen molar-refractivity contribution >= 4 is 22.7 Å². The minimum absolute atomic E-state index is 0.201. The van der Waals surface area contributed by atoms with Crippen LogP contribution in [0.25, 0.3) is 10.6 Å². The average Bonchev–Trinajstić information content (AvgIpc) is 2.94. The Kier molecular flexibility index (Phi) is 3.93. The monoisotopic (exact) mass is 307 g/mol. The Hall–Kier alpha value is -0.780. The molecule has 0 spiro atoms. The summed E-state index contributed by atoms with van der Waals surface area (Å²) in [4.78, 5) is 10.5. The minimum Gasteiger partial charge on any atom is -0.319 e. The maximum Gasteiger partial charge on any atom is 0.113 e. The van der Waals surface area contributed by atoms with Crippen LogP contribution in [0.1, 0.15) is 54.2 Å². The molecule has 20 heavy (non-hydrogen) atoms. The molecule has 0 amide bonds. The first kappa shape index (κ1) is 14.2. The van der Waals surface area contributed by atoms with Crippen LogP contribution in [0.15, 0.2) is 5.38 Å². The third-order valence-electron chi connectivity index (χ3n) is 4.06. The lowest BCUT2D eigenvalue weighted by Gasteiger charge is -2.25. The summed E-state index contributed by atoms with van der Waals surface area (Å²) < 4.78 is 0. The van der Waals surface area contributed by atoms with E-state index in [2.05, 4.69) is 17.3 Å². The Morgan fingerprint density at radius 3 is 2.40 bits per heavy atom. The zero-order valence-corrected chi connectivity index (χ0v) is 13.7. The lowest BCUT2D eigenvalue weighted by Crippen LogP contribution is -2.35. The van der Waals surface area contributed by atoms with Crippen LogP contribution in [0.2, 0.25) is 0 Å². The standard InChI is InChI=1S/C15H21N3S2/c1-10-13(20-11(2)17-10)12-9-19-14(18-12)15(16)7-5-3-4-6-8-15/h9H,3-8,16H2,1-2H3. The van der Waals surface area contributed by atoms with E-state index in [4.69, 9.17) is 10.7 Å². The van der Waals surface area contributed by atoms with Crippen molar-refractivity contribution < 1.29 is 0 Å². The SMILES string of the molecule is Cc1nc(C)c(-c2csc(C3(N)CCCCCC3)n2)s1. The van der Waals surface area contributed by atoms with Gasteiger partial charge >= 0.3 is 0 Å². The minimum atomic E-state index is -0.201. The molecule has 1 aliphatic carbocycles. The molecule has 0 aliphatic heterocycles. The first-order valence-electron chi connectivity index (χ1n) is 7.28. The van der Waals surface area contributed by atoms with Gasteiger partial charge in [-0.3, -0.25) is 0 Å². The van der Waals surface area contributed by atoms with E-state index in [1.54, 1.807) is 22.7 Å². The number of rotatable bonds is 2. The van der Waals surface area contributed by atoms with E-state index in [9.17, 15) is 0 Å². The second-order valence-corrected chi connectivity index (χ2v) is 7.82. The lowest BCUT2D eigenvalue weighted by molar-refractivity contribution is 0.384. The molecule has 3 nitrogen and oxygen atoms in total. The molecule has 0 aromatic carbocycles. The number of hydrogen-bond donors (Lipinski definition) is 1. The summed E-state index contributed by atoms with van der Waals surface area (Å²) in [6, 6.07) is 0. The van der Waals surface area contributed by atoms with Crippen molar-refractivity contribution in [2.75, 3.05) is 0 Å². The molecule has 1 fully saturated rings. The molecule has 2 heterocycles. The van der Waals surface area contributed by atoms with Crippen molar-refractivity contribution in [2.24, 2.45) is 5.73 Å². The van der Waals surface area contributed by atoms with Gasteiger partial charge in [0.2, 0.25) is 0 Å². The zero-order chi connectivity index (χ0) is 14.2. The molecular weight excluding hydrogens is 286 g/mol. The van der Waals surface area contributed by atoms with Crippen molar-refractivity contribution in [3.8, 4) is 10.6 Å². The Morgan fingerprint density at radius 2 is 1.80 bits per heavy atom. The van der Waals surface area contributed by atoms with E-state index in [1.165, 1.54) is 30.6 Å². The van der Waals surface area contributed by atoms with Crippen molar-refractivity contribution in [3.63, 3.8) is 0 Å². The Labute approximate surface area is 128 Å². The number of nitrogens with two attached hydrogens (primary N) is 1. The van der Waals surface area contributed by atoms with Crippen LogP contribution in [0.4, 0.5) is 0 Å². The van der Waals surface area contributed by atoms with Gasteiger partial charge in [0.15, 0.2) is 0 Å². The summed E-state index contributed by atoms with van der Waals surface area (Å²) in [5.74, 6) is 0. The van der Waals surface area contributed by atoms with E-state index >= 15 is 0 Å². The molecule has 3 rings (SSSR count). The fourth-order valence-electron chi connectivity index (χ4n) is 2.95. The van der Waals surface area contributed by atoms with Crippen LogP contribution in [0, 0.1) is 13.8 Å². The van der Waals surface area contributed by atoms with Gasteiger partial charge in [0, 0.05) is 5.38 Å². The smallest absolute Gasteiger partial charge is 0.113 e. The van der Waals surface area contributed by atoms with Crippen molar-refractivity contribution in [2.45, 2.75) is 57.9 Å². The summed E-state index contributed by atoms with van der Waals surface area (Å²) in [7, 11) is 0. The second-order valence-electron chi connectivity index (χ2n) is 5.76. The highest BCUT2D eigenvalue weighted by Gasteiger charge is 2.31. The van der Waals surface area contributed by atoms with Gasteiger partial charge in [-0.2, -0.15) is 0 Å². The summed E-state index contributed by atoms with van der Waals surface area (Å²) in [5.41, 5.74) is 8.59. The average molecular weight is 307 g/mol. The number of thiazole rings is 2. The summed E-state index contributed by atoms with van der Waals surface area (Å²) in [6.45, 7) is 4.10. The molecule has 108 valence electrons. The fourth-order valence-corrected chi connectivity index (χ4v) is 4.89. The third kappa shape index (κ3) is 2.67. The maximum atomic E-state index is 6.65. The quantitative estimate of drug-likeness (QED) is 0.837. The predicted octanol–water partition coefficient (Wildman–Crippen LogP) is 4.39. The molecule has 2 aromatic heterocycles. The maximum absolute atomic E-state index is 6.65. The molecule has 2 aromatic rings. The first-order chi connectivity index (χ1) is 9.58. The Balaban J connectivity index is 1.91. The molecule has 2 N–H and O–H groups in total. The Bertz CT molecular complexity index is 592. The third-order valence-corrected chi connectivity index (χ3v) is 6.22. The van der Waals surface area contributed by atoms with Gasteiger partial charge < -0.3 is 5.73 Å². The molecule has 0 bridgehead atoms. The highest BCUT2D eigenvalue weighted by Crippen LogP contribution is 2.38.